The van der Waals surface area contributed by atoms with Crippen LogP contribution in [0.5, 0.6) is 0 Å². The molecule has 4 rings (SSSR count). The molecule has 140 valence electrons. The summed E-state index contributed by atoms with van der Waals surface area (Å²) >= 11 is 0. The van der Waals surface area contributed by atoms with Gasteiger partial charge in [-0.2, -0.15) is 8.42 Å². The zero-order valence-electron chi connectivity index (χ0n) is 14.8. The lowest BCUT2D eigenvalue weighted by atomic mass is 10.1. The molecule has 0 amide bonds. The van der Waals surface area contributed by atoms with Crippen molar-refractivity contribution in [3.05, 3.63) is 91.0 Å². The highest BCUT2D eigenvalue weighted by Gasteiger charge is 2.22. The molecule has 4 aromatic rings. The van der Waals surface area contributed by atoms with Gasteiger partial charge in [0.05, 0.1) is 11.4 Å². The van der Waals surface area contributed by atoms with Gasteiger partial charge in [-0.15, -0.1) is 0 Å². The number of hydrogen-bond donors (Lipinski definition) is 3. The smallest absolute Gasteiger partial charge is 0.296 e. The molecule has 4 aromatic carbocycles. The first kappa shape index (κ1) is 18.0. The first-order chi connectivity index (χ1) is 13.5. The van der Waals surface area contributed by atoms with Crippen molar-refractivity contribution < 1.29 is 13.0 Å². The van der Waals surface area contributed by atoms with Gasteiger partial charge in [0.1, 0.15) is 4.90 Å². The fourth-order valence-electron chi connectivity index (χ4n) is 3.11. The standard InChI is InChI=1S/C22H18N2O3S/c25-28(26,27)20-15-16-9-7-8-14-19(16)21(23-17-10-3-1-4-11-17)22(20)24-18-12-5-2-6-13-18/h1-15,23-24H,(H,25,26,27). The Morgan fingerprint density at radius 3 is 1.71 bits per heavy atom. The number of rotatable bonds is 5. The van der Waals surface area contributed by atoms with E-state index >= 15 is 0 Å². The Balaban J connectivity index is 2.00. The lowest BCUT2D eigenvalue weighted by Gasteiger charge is -2.19. The minimum Gasteiger partial charge on any atom is -0.353 e. The van der Waals surface area contributed by atoms with Gasteiger partial charge >= 0.3 is 0 Å². The summed E-state index contributed by atoms with van der Waals surface area (Å²) < 4.78 is 34.3. The average molecular weight is 390 g/mol. The minimum atomic E-state index is -4.46. The fraction of sp³-hybridized carbons (Fsp3) is 0. The van der Waals surface area contributed by atoms with Crippen molar-refractivity contribution in [1.82, 2.24) is 0 Å². The van der Waals surface area contributed by atoms with Crippen LogP contribution in [0.4, 0.5) is 22.7 Å². The van der Waals surface area contributed by atoms with Gasteiger partial charge < -0.3 is 10.6 Å². The Bertz CT molecular complexity index is 1220. The summed E-state index contributed by atoms with van der Waals surface area (Å²) in [5.74, 6) is 0. The van der Waals surface area contributed by atoms with Gasteiger partial charge in [-0.05, 0) is 35.7 Å². The number of fused-ring (bicyclic) bond motifs is 1. The molecule has 3 N–H and O–H groups in total. The molecule has 0 saturated carbocycles. The van der Waals surface area contributed by atoms with E-state index in [4.69, 9.17) is 0 Å². The highest BCUT2D eigenvalue weighted by atomic mass is 32.2. The molecule has 0 aliphatic rings. The van der Waals surface area contributed by atoms with E-state index in [0.717, 1.165) is 11.1 Å². The van der Waals surface area contributed by atoms with Crippen molar-refractivity contribution in [2.75, 3.05) is 10.6 Å². The molecule has 0 aromatic heterocycles. The number of nitrogens with one attached hydrogen (secondary N) is 2. The van der Waals surface area contributed by atoms with E-state index in [2.05, 4.69) is 10.6 Å². The molecule has 6 heteroatoms. The van der Waals surface area contributed by atoms with E-state index in [0.29, 0.717) is 16.8 Å². The summed E-state index contributed by atoms with van der Waals surface area (Å²) in [6.45, 7) is 0. The second-order valence-corrected chi connectivity index (χ2v) is 7.69. The number of para-hydroxylation sites is 2. The van der Waals surface area contributed by atoms with Crippen LogP contribution in [0.2, 0.25) is 0 Å². The maximum absolute atomic E-state index is 12.2. The molecular formula is C22H18N2O3S. The SMILES string of the molecule is O=S(=O)(O)c1cc2ccccc2c(Nc2ccccc2)c1Nc1ccccc1. The molecule has 0 unspecified atom stereocenters. The van der Waals surface area contributed by atoms with Crippen LogP contribution in [0.1, 0.15) is 0 Å². The molecule has 0 radical (unpaired) electrons. The van der Waals surface area contributed by atoms with Crippen molar-refractivity contribution in [3.8, 4) is 0 Å². The predicted octanol–water partition coefficient (Wildman–Crippen LogP) is 5.57. The van der Waals surface area contributed by atoms with Crippen molar-refractivity contribution in [1.29, 1.82) is 0 Å². The van der Waals surface area contributed by atoms with E-state index in [1.54, 1.807) is 0 Å². The van der Waals surface area contributed by atoms with Gasteiger partial charge in [0.15, 0.2) is 0 Å². The van der Waals surface area contributed by atoms with Crippen LogP contribution in [0.25, 0.3) is 10.8 Å². The Labute approximate surface area is 163 Å². The quantitative estimate of drug-likeness (QED) is 0.388. The Morgan fingerprint density at radius 2 is 1.14 bits per heavy atom. The molecule has 0 fully saturated rings. The lowest BCUT2D eigenvalue weighted by molar-refractivity contribution is 0.484. The van der Waals surface area contributed by atoms with Gasteiger partial charge in [0.25, 0.3) is 10.1 Å². The maximum atomic E-state index is 12.2. The van der Waals surface area contributed by atoms with Gasteiger partial charge in [-0.3, -0.25) is 4.55 Å². The molecule has 5 nitrogen and oxygen atoms in total. The van der Waals surface area contributed by atoms with E-state index in [1.807, 2.05) is 84.9 Å². The molecule has 0 aliphatic carbocycles. The summed E-state index contributed by atoms with van der Waals surface area (Å²) in [5.41, 5.74) is 2.37. The van der Waals surface area contributed by atoms with Gasteiger partial charge in [0.2, 0.25) is 0 Å². The Morgan fingerprint density at radius 1 is 0.643 bits per heavy atom. The predicted molar refractivity (Wildman–Crippen MR) is 113 cm³/mol. The summed E-state index contributed by atoms with van der Waals surface area (Å²) in [4.78, 5) is -0.187. The third-order valence-corrected chi connectivity index (χ3v) is 5.26. The van der Waals surface area contributed by atoms with Crippen molar-refractivity contribution in [2.45, 2.75) is 4.90 Å². The third kappa shape index (κ3) is 3.69. The van der Waals surface area contributed by atoms with Crippen LogP contribution in [-0.2, 0) is 10.1 Å². The zero-order chi connectivity index (χ0) is 19.6. The first-order valence-electron chi connectivity index (χ1n) is 8.70. The van der Waals surface area contributed by atoms with Crippen LogP contribution in [0.3, 0.4) is 0 Å². The zero-order valence-corrected chi connectivity index (χ0v) is 15.6. The molecule has 0 aliphatic heterocycles. The van der Waals surface area contributed by atoms with E-state index in [9.17, 15) is 13.0 Å². The maximum Gasteiger partial charge on any atom is 0.296 e. The lowest BCUT2D eigenvalue weighted by Crippen LogP contribution is -2.07. The Kier molecular flexibility index (Phi) is 4.73. The molecule has 0 atom stereocenters. The molecule has 0 heterocycles. The fourth-order valence-corrected chi connectivity index (χ4v) is 3.80. The van der Waals surface area contributed by atoms with Crippen LogP contribution < -0.4 is 10.6 Å². The van der Waals surface area contributed by atoms with Gasteiger partial charge in [-0.1, -0.05) is 60.7 Å². The topological polar surface area (TPSA) is 78.4 Å². The van der Waals surface area contributed by atoms with E-state index in [-0.39, 0.29) is 10.6 Å². The van der Waals surface area contributed by atoms with Crippen LogP contribution in [0.15, 0.2) is 95.9 Å². The first-order valence-corrected chi connectivity index (χ1v) is 10.1. The summed E-state index contributed by atoms with van der Waals surface area (Å²) in [6.07, 6.45) is 0. The van der Waals surface area contributed by atoms with Crippen LogP contribution in [-0.4, -0.2) is 13.0 Å². The van der Waals surface area contributed by atoms with Crippen molar-refractivity contribution in [2.24, 2.45) is 0 Å². The van der Waals surface area contributed by atoms with Gasteiger partial charge in [0, 0.05) is 16.8 Å². The highest BCUT2D eigenvalue weighted by molar-refractivity contribution is 7.86. The normalized spacial score (nSPS) is 11.3. The monoisotopic (exact) mass is 390 g/mol. The molecule has 0 bridgehead atoms. The average Bonchev–Trinajstić information content (AvgIpc) is 2.70. The third-order valence-electron chi connectivity index (χ3n) is 4.38. The number of anilines is 4. The van der Waals surface area contributed by atoms with Crippen LogP contribution >= 0.6 is 0 Å². The summed E-state index contributed by atoms with van der Waals surface area (Å²) in [7, 11) is -4.46. The molecule has 28 heavy (non-hydrogen) atoms. The van der Waals surface area contributed by atoms with Crippen LogP contribution in [0, 0.1) is 0 Å². The van der Waals surface area contributed by atoms with Crippen molar-refractivity contribution in [3.63, 3.8) is 0 Å². The molecule has 0 saturated heterocycles. The number of hydrogen-bond acceptors (Lipinski definition) is 4. The van der Waals surface area contributed by atoms with E-state index in [1.165, 1.54) is 6.07 Å². The number of benzene rings is 4. The summed E-state index contributed by atoms with van der Waals surface area (Å²) in [6, 6.07) is 27.6. The molecule has 0 spiro atoms. The van der Waals surface area contributed by atoms with E-state index < -0.39 is 10.1 Å². The largest absolute Gasteiger partial charge is 0.353 e. The minimum absolute atomic E-state index is 0.187. The second kappa shape index (κ2) is 7.34. The van der Waals surface area contributed by atoms with Crippen molar-refractivity contribution >= 4 is 43.6 Å². The molecular weight excluding hydrogens is 372 g/mol. The Hall–Kier alpha value is -3.35. The van der Waals surface area contributed by atoms with Gasteiger partial charge in [-0.25, -0.2) is 0 Å². The highest BCUT2D eigenvalue weighted by Crippen LogP contribution is 2.40. The summed E-state index contributed by atoms with van der Waals surface area (Å²) in [5, 5.41) is 8.00. The second-order valence-electron chi connectivity index (χ2n) is 6.30.